The van der Waals surface area contributed by atoms with Crippen LogP contribution in [0.5, 0.6) is 0 Å². The fourth-order valence-corrected chi connectivity index (χ4v) is 4.66. The molecule has 0 saturated carbocycles. The second-order valence-corrected chi connectivity index (χ2v) is 8.37. The summed E-state index contributed by atoms with van der Waals surface area (Å²) >= 11 is 0. The Morgan fingerprint density at radius 2 is 1.85 bits per heavy atom. The molecule has 5 rings (SSSR count). The molecule has 6 nitrogen and oxygen atoms in total. The third kappa shape index (κ3) is 4.01. The van der Waals surface area contributed by atoms with Crippen molar-refractivity contribution in [3.05, 3.63) is 90.2 Å². The van der Waals surface area contributed by atoms with Gasteiger partial charge in [0.25, 0.3) is 5.91 Å². The van der Waals surface area contributed by atoms with Crippen molar-refractivity contribution in [3.63, 3.8) is 0 Å². The Balaban J connectivity index is 1.64. The summed E-state index contributed by atoms with van der Waals surface area (Å²) in [5.41, 5.74) is 3.51. The van der Waals surface area contributed by atoms with E-state index in [0.29, 0.717) is 43.5 Å². The first-order chi connectivity index (χ1) is 16.7. The molecule has 0 aliphatic carbocycles. The summed E-state index contributed by atoms with van der Waals surface area (Å²) in [6.07, 6.45) is 8.46. The monoisotopic (exact) mass is 452 g/mol. The van der Waals surface area contributed by atoms with E-state index in [1.54, 1.807) is 6.08 Å². The number of nitrogens with zero attached hydrogens (tertiary/aromatic N) is 4. The van der Waals surface area contributed by atoms with E-state index < -0.39 is 0 Å². The number of benzene rings is 2. The van der Waals surface area contributed by atoms with Crippen LogP contribution in [-0.2, 0) is 11.2 Å². The molecule has 2 aliphatic heterocycles. The van der Waals surface area contributed by atoms with Crippen molar-refractivity contribution in [1.82, 2.24) is 9.97 Å². The highest BCUT2D eigenvalue weighted by atomic mass is 16.5. The highest BCUT2D eigenvalue weighted by molar-refractivity contribution is 6.14. The van der Waals surface area contributed by atoms with E-state index in [9.17, 15) is 4.79 Å². The molecular formula is C28H28N4O2. The lowest BCUT2D eigenvalue weighted by Gasteiger charge is -2.28. The molecule has 1 fully saturated rings. The summed E-state index contributed by atoms with van der Waals surface area (Å²) in [6.45, 7) is 9.16. The molecule has 1 amide bonds. The predicted molar refractivity (Wildman–Crippen MR) is 137 cm³/mol. The molecule has 0 unspecified atom stereocenters. The lowest BCUT2D eigenvalue weighted by atomic mass is 10.0. The van der Waals surface area contributed by atoms with Crippen LogP contribution in [0.4, 0.5) is 11.8 Å². The van der Waals surface area contributed by atoms with Gasteiger partial charge in [0, 0.05) is 36.3 Å². The quantitative estimate of drug-likeness (QED) is 0.520. The van der Waals surface area contributed by atoms with Crippen LogP contribution in [-0.4, -0.2) is 48.7 Å². The number of hydrogen-bond acceptors (Lipinski definition) is 5. The molecule has 1 aromatic heterocycles. The Morgan fingerprint density at radius 3 is 2.65 bits per heavy atom. The molecule has 2 aliphatic rings. The fourth-order valence-electron chi connectivity index (χ4n) is 4.66. The molecule has 3 heterocycles. The predicted octanol–water partition coefficient (Wildman–Crippen LogP) is 4.81. The average molecular weight is 453 g/mol. The van der Waals surface area contributed by atoms with Gasteiger partial charge in [-0.05, 0) is 30.2 Å². The number of amides is 1. The Hall–Kier alpha value is -3.77. The van der Waals surface area contributed by atoms with Crippen LogP contribution >= 0.6 is 0 Å². The molecule has 0 radical (unpaired) electrons. The third-order valence-electron chi connectivity index (χ3n) is 6.29. The van der Waals surface area contributed by atoms with E-state index in [-0.39, 0.29) is 5.91 Å². The van der Waals surface area contributed by atoms with Gasteiger partial charge in [0.15, 0.2) is 0 Å². The average Bonchev–Trinajstić information content (AvgIpc) is 3.32. The minimum absolute atomic E-state index is 0.0339. The van der Waals surface area contributed by atoms with Gasteiger partial charge in [-0.25, -0.2) is 4.98 Å². The minimum Gasteiger partial charge on any atom is -0.378 e. The minimum atomic E-state index is -0.0339. The second-order valence-electron chi connectivity index (χ2n) is 8.37. The van der Waals surface area contributed by atoms with Crippen molar-refractivity contribution in [3.8, 4) is 0 Å². The maximum atomic E-state index is 13.8. The third-order valence-corrected chi connectivity index (χ3v) is 6.29. The maximum absolute atomic E-state index is 13.8. The highest BCUT2D eigenvalue weighted by Crippen LogP contribution is 2.35. The van der Waals surface area contributed by atoms with Crippen molar-refractivity contribution in [1.29, 1.82) is 0 Å². The van der Waals surface area contributed by atoms with Gasteiger partial charge in [-0.15, -0.1) is 0 Å². The first-order valence-corrected chi connectivity index (χ1v) is 11.7. The van der Waals surface area contributed by atoms with Crippen LogP contribution in [0.1, 0.15) is 28.5 Å². The van der Waals surface area contributed by atoms with Crippen molar-refractivity contribution in [2.45, 2.75) is 13.3 Å². The summed E-state index contributed by atoms with van der Waals surface area (Å²) in [5.74, 6) is 1.30. The number of carbonyl (C=O) groups is 1. The second kappa shape index (κ2) is 9.61. The molecule has 0 N–H and O–H groups in total. The van der Waals surface area contributed by atoms with Gasteiger partial charge in [0.2, 0.25) is 5.95 Å². The zero-order valence-corrected chi connectivity index (χ0v) is 19.4. The van der Waals surface area contributed by atoms with Gasteiger partial charge in [-0.1, -0.05) is 67.3 Å². The summed E-state index contributed by atoms with van der Waals surface area (Å²) in [7, 11) is 0. The summed E-state index contributed by atoms with van der Waals surface area (Å²) in [6, 6.07) is 13.9. The lowest BCUT2D eigenvalue weighted by molar-refractivity contribution is 0.0990. The number of ether oxygens (including phenoxy) is 1. The number of rotatable bonds is 5. The highest BCUT2D eigenvalue weighted by Gasteiger charge is 2.32. The topological polar surface area (TPSA) is 58.6 Å². The number of morpholine rings is 1. The molecule has 34 heavy (non-hydrogen) atoms. The molecule has 3 aromatic rings. The van der Waals surface area contributed by atoms with Gasteiger partial charge in [0.1, 0.15) is 5.82 Å². The van der Waals surface area contributed by atoms with Crippen LogP contribution in [0.25, 0.3) is 16.3 Å². The number of hydrogen-bond donors (Lipinski definition) is 0. The first kappa shape index (κ1) is 22.0. The molecule has 6 heteroatoms. The SMILES string of the molecule is C=C/C=C(\C=C\C)c1nc(N2CCOCC2)nc2c1CCN2C(=O)c1cccc2ccccc12. The number of allylic oxidation sites excluding steroid dienone is 5. The Morgan fingerprint density at radius 1 is 1.06 bits per heavy atom. The molecule has 1 saturated heterocycles. The number of carbonyl (C=O) groups excluding carboxylic acids is 1. The van der Waals surface area contributed by atoms with E-state index in [2.05, 4.69) is 11.5 Å². The largest absolute Gasteiger partial charge is 0.378 e. The molecular weight excluding hydrogens is 424 g/mol. The van der Waals surface area contributed by atoms with Gasteiger partial charge >= 0.3 is 0 Å². The molecule has 0 bridgehead atoms. The van der Waals surface area contributed by atoms with Crippen LogP contribution in [0.3, 0.4) is 0 Å². The zero-order valence-electron chi connectivity index (χ0n) is 19.4. The van der Waals surface area contributed by atoms with Gasteiger partial charge in [0.05, 0.1) is 18.9 Å². The number of anilines is 2. The van der Waals surface area contributed by atoms with E-state index in [4.69, 9.17) is 14.7 Å². The maximum Gasteiger partial charge on any atom is 0.260 e. The van der Waals surface area contributed by atoms with Crippen LogP contribution in [0.15, 0.2) is 73.3 Å². The van der Waals surface area contributed by atoms with Crippen LogP contribution in [0, 0.1) is 0 Å². The number of fused-ring (bicyclic) bond motifs is 2. The van der Waals surface area contributed by atoms with Crippen molar-refractivity contribution >= 4 is 34.0 Å². The van der Waals surface area contributed by atoms with E-state index in [1.807, 2.05) is 72.5 Å². The normalized spacial score (nSPS) is 16.3. The van der Waals surface area contributed by atoms with E-state index >= 15 is 0 Å². The van der Waals surface area contributed by atoms with Crippen molar-refractivity contribution < 1.29 is 9.53 Å². The molecule has 0 spiro atoms. The Labute approximate surface area is 199 Å². The van der Waals surface area contributed by atoms with E-state index in [0.717, 1.165) is 40.7 Å². The first-order valence-electron chi connectivity index (χ1n) is 11.7. The summed E-state index contributed by atoms with van der Waals surface area (Å²) in [4.78, 5) is 27.7. The summed E-state index contributed by atoms with van der Waals surface area (Å²) in [5, 5.41) is 2.00. The zero-order chi connectivity index (χ0) is 23.5. The standard InChI is InChI=1S/C28H28N4O2/c1-3-8-21(9-4-2)25-24-14-15-32(26(24)30-28(29-25)31-16-18-34-19-17-31)27(33)23-13-7-11-20-10-5-6-12-22(20)23/h3-13H,1,14-19H2,2H3/b9-4+,21-8+. The van der Waals surface area contributed by atoms with Crippen molar-refractivity contribution in [2.75, 3.05) is 42.6 Å². The lowest BCUT2D eigenvalue weighted by Crippen LogP contribution is -2.38. The van der Waals surface area contributed by atoms with Gasteiger partial charge < -0.3 is 9.64 Å². The smallest absolute Gasteiger partial charge is 0.260 e. The number of aromatic nitrogens is 2. The van der Waals surface area contributed by atoms with Gasteiger partial charge in [-0.2, -0.15) is 4.98 Å². The van der Waals surface area contributed by atoms with Crippen LogP contribution < -0.4 is 9.80 Å². The van der Waals surface area contributed by atoms with Gasteiger partial charge in [-0.3, -0.25) is 9.69 Å². The van der Waals surface area contributed by atoms with Crippen LogP contribution in [0.2, 0.25) is 0 Å². The van der Waals surface area contributed by atoms with E-state index in [1.165, 1.54) is 0 Å². The summed E-state index contributed by atoms with van der Waals surface area (Å²) < 4.78 is 5.53. The Bertz CT molecular complexity index is 1300. The molecule has 0 atom stereocenters. The molecule has 172 valence electrons. The Kier molecular flexibility index (Phi) is 6.23. The van der Waals surface area contributed by atoms with Crippen molar-refractivity contribution in [2.24, 2.45) is 0 Å². The fraction of sp³-hybridized carbons (Fsp3) is 0.250. The molecule has 2 aromatic carbocycles.